The quantitative estimate of drug-likeness (QED) is 0.418. The summed E-state index contributed by atoms with van der Waals surface area (Å²) in [5.74, 6) is 0.797. The Morgan fingerprint density at radius 1 is 1.00 bits per heavy atom. The molecule has 0 spiro atoms. The molecule has 4 aromatic rings. The van der Waals surface area contributed by atoms with Crippen LogP contribution in [0.25, 0.3) is 22.6 Å². The average molecular weight is 468 g/mol. The first-order valence-electron chi connectivity index (χ1n) is 12.2. The first-order chi connectivity index (χ1) is 17.1. The van der Waals surface area contributed by atoms with E-state index in [1.54, 1.807) is 12.1 Å². The molecular formula is C29H29N3O3. The minimum Gasteiger partial charge on any atom is -0.436 e. The van der Waals surface area contributed by atoms with E-state index in [0.29, 0.717) is 42.2 Å². The number of hydrogen-bond acceptors (Lipinski definition) is 4. The Hall–Kier alpha value is -3.93. The Kier molecular flexibility index (Phi) is 6.62. The molecule has 1 atom stereocenters. The van der Waals surface area contributed by atoms with Crippen LogP contribution in [-0.4, -0.2) is 34.8 Å². The van der Waals surface area contributed by atoms with Crippen molar-refractivity contribution in [1.29, 1.82) is 0 Å². The van der Waals surface area contributed by atoms with Crippen molar-refractivity contribution in [2.45, 2.75) is 26.3 Å². The van der Waals surface area contributed by atoms with Crippen molar-refractivity contribution in [3.8, 4) is 11.5 Å². The van der Waals surface area contributed by atoms with E-state index in [2.05, 4.69) is 10.3 Å². The summed E-state index contributed by atoms with van der Waals surface area (Å²) in [6.45, 7) is 3.82. The first-order valence-corrected chi connectivity index (χ1v) is 12.2. The number of carbonyl (C=O) groups excluding carboxylic acids is 2. The lowest BCUT2D eigenvalue weighted by Crippen LogP contribution is -2.42. The molecule has 3 aromatic carbocycles. The normalized spacial score (nSPS) is 15.2. The van der Waals surface area contributed by atoms with Crippen LogP contribution in [0.4, 0.5) is 0 Å². The van der Waals surface area contributed by atoms with Crippen LogP contribution in [0.2, 0.25) is 0 Å². The number of aromatic nitrogens is 1. The van der Waals surface area contributed by atoms with Gasteiger partial charge in [0.05, 0.1) is 0 Å². The molecule has 0 aliphatic carbocycles. The van der Waals surface area contributed by atoms with E-state index in [4.69, 9.17) is 4.42 Å². The molecular weight excluding hydrogens is 438 g/mol. The fourth-order valence-corrected chi connectivity index (χ4v) is 4.71. The zero-order valence-corrected chi connectivity index (χ0v) is 19.8. The molecule has 1 fully saturated rings. The van der Waals surface area contributed by atoms with Gasteiger partial charge in [-0.3, -0.25) is 9.59 Å². The fraction of sp³-hybridized carbons (Fsp3) is 0.276. The maximum atomic E-state index is 13.2. The summed E-state index contributed by atoms with van der Waals surface area (Å²) in [6, 6.07) is 25.1. The van der Waals surface area contributed by atoms with Gasteiger partial charge in [-0.05, 0) is 54.7 Å². The fourth-order valence-electron chi connectivity index (χ4n) is 4.71. The van der Waals surface area contributed by atoms with E-state index < -0.39 is 0 Å². The summed E-state index contributed by atoms with van der Waals surface area (Å²) < 4.78 is 5.87. The minimum absolute atomic E-state index is 0.00390. The van der Waals surface area contributed by atoms with Gasteiger partial charge < -0.3 is 14.6 Å². The number of fused-ring (bicyclic) bond motifs is 1. The molecule has 6 nitrogen and oxygen atoms in total. The molecule has 178 valence electrons. The summed E-state index contributed by atoms with van der Waals surface area (Å²) in [5, 5.41) is 3.05. The van der Waals surface area contributed by atoms with Crippen LogP contribution in [0.5, 0.6) is 0 Å². The summed E-state index contributed by atoms with van der Waals surface area (Å²) in [7, 11) is 0. The van der Waals surface area contributed by atoms with Crippen molar-refractivity contribution in [3.63, 3.8) is 0 Å². The van der Waals surface area contributed by atoms with Gasteiger partial charge in [0.1, 0.15) is 5.52 Å². The number of amides is 2. The molecule has 1 aliphatic rings. The van der Waals surface area contributed by atoms with Crippen LogP contribution < -0.4 is 5.32 Å². The highest BCUT2D eigenvalue weighted by molar-refractivity contribution is 5.97. The van der Waals surface area contributed by atoms with Crippen molar-refractivity contribution >= 4 is 22.9 Å². The third-order valence-electron chi connectivity index (χ3n) is 6.91. The van der Waals surface area contributed by atoms with Gasteiger partial charge in [0, 0.05) is 36.7 Å². The third kappa shape index (κ3) is 5.11. The number of oxazole rings is 1. The van der Waals surface area contributed by atoms with E-state index >= 15 is 0 Å². The number of piperidine rings is 1. The molecule has 2 heterocycles. The molecule has 0 radical (unpaired) electrons. The van der Waals surface area contributed by atoms with Gasteiger partial charge in [0.2, 0.25) is 11.8 Å². The zero-order valence-electron chi connectivity index (χ0n) is 19.8. The van der Waals surface area contributed by atoms with Crippen LogP contribution >= 0.6 is 0 Å². The molecule has 0 bridgehead atoms. The van der Waals surface area contributed by atoms with Crippen molar-refractivity contribution in [2.75, 3.05) is 13.1 Å². The van der Waals surface area contributed by atoms with Gasteiger partial charge in [0.15, 0.2) is 5.58 Å². The lowest BCUT2D eigenvalue weighted by atomic mass is 9.84. The van der Waals surface area contributed by atoms with Crippen LogP contribution in [0.1, 0.15) is 35.7 Å². The summed E-state index contributed by atoms with van der Waals surface area (Å²) >= 11 is 0. The van der Waals surface area contributed by atoms with Crippen molar-refractivity contribution in [1.82, 2.24) is 15.2 Å². The van der Waals surface area contributed by atoms with E-state index in [1.165, 1.54) is 0 Å². The van der Waals surface area contributed by atoms with Crippen molar-refractivity contribution < 1.29 is 14.0 Å². The van der Waals surface area contributed by atoms with Crippen LogP contribution in [0.3, 0.4) is 0 Å². The molecule has 0 saturated carbocycles. The first kappa shape index (κ1) is 22.8. The zero-order chi connectivity index (χ0) is 24.2. The summed E-state index contributed by atoms with van der Waals surface area (Å²) in [4.78, 5) is 32.3. The van der Waals surface area contributed by atoms with Gasteiger partial charge >= 0.3 is 0 Å². The summed E-state index contributed by atoms with van der Waals surface area (Å²) in [6.07, 6.45) is 1.63. The lowest BCUT2D eigenvalue weighted by Gasteiger charge is -2.34. The molecule has 6 heteroatoms. The minimum atomic E-state index is -0.0844. The predicted octanol–water partition coefficient (Wildman–Crippen LogP) is 5.30. The van der Waals surface area contributed by atoms with Gasteiger partial charge in [-0.1, -0.05) is 55.5 Å². The maximum Gasteiger partial charge on any atom is 0.253 e. The number of benzene rings is 3. The second-order valence-corrected chi connectivity index (χ2v) is 9.19. The Bertz CT molecular complexity index is 1310. The number of nitrogens with zero attached hydrogens (tertiary/aromatic N) is 2. The molecule has 35 heavy (non-hydrogen) atoms. The standard InChI is InChI=1S/C29H29N3O3/c1-20(27(33)30-19-21-8-4-2-5-9-21)22-14-16-32(17-15-22)29(34)24-12-13-26-25(18-24)31-28(35-26)23-10-6-3-7-11-23/h2-13,18,20,22H,14-17,19H2,1H3,(H,30,33)/t20-/m0/s1. The van der Waals surface area contributed by atoms with E-state index in [0.717, 1.165) is 24.0 Å². The summed E-state index contributed by atoms with van der Waals surface area (Å²) in [5.41, 5.74) is 3.94. The highest BCUT2D eigenvalue weighted by Gasteiger charge is 2.30. The van der Waals surface area contributed by atoms with E-state index in [9.17, 15) is 9.59 Å². The molecule has 0 unspecified atom stereocenters. The molecule has 1 aromatic heterocycles. The Labute approximate surface area is 205 Å². The van der Waals surface area contributed by atoms with E-state index in [-0.39, 0.29) is 23.7 Å². The molecule has 1 N–H and O–H groups in total. The molecule has 5 rings (SSSR count). The number of carbonyl (C=O) groups is 2. The molecule has 2 amide bonds. The average Bonchev–Trinajstić information content (AvgIpc) is 3.36. The second-order valence-electron chi connectivity index (χ2n) is 9.19. The van der Waals surface area contributed by atoms with Crippen LogP contribution in [0, 0.1) is 11.8 Å². The van der Waals surface area contributed by atoms with Crippen LogP contribution in [-0.2, 0) is 11.3 Å². The Morgan fingerprint density at radius 2 is 1.69 bits per heavy atom. The highest BCUT2D eigenvalue weighted by Crippen LogP contribution is 2.28. The SMILES string of the molecule is C[C@H](C(=O)NCc1ccccc1)C1CCN(C(=O)c2ccc3oc(-c4ccccc4)nc3c2)CC1. The number of likely N-dealkylation sites (tertiary alicyclic amines) is 1. The van der Waals surface area contributed by atoms with Crippen LogP contribution in [0.15, 0.2) is 83.3 Å². The predicted molar refractivity (Wildman–Crippen MR) is 136 cm³/mol. The maximum absolute atomic E-state index is 13.2. The number of nitrogens with one attached hydrogen (secondary N) is 1. The Balaban J connectivity index is 1.18. The lowest BCUT2D eigenvalue weighted by molar-refractivity contribution is -0.126. The van der Waals surface area contributed by atoms with Crippen molar-refractivity contribution in [2.24, 2.45) is 11.8 Å². The Morgan fingerprint density at radius 3 is 2.40 bits per heavy atom. The van der Waals surface area contributed by atoms with Gasteiger partial charge in [-0.2, -0.15) is 0 Å². The highest BCUT2D eigenvalue weighted by atomic mass is 16.3. The van der Waals surface area contributed by atoms with E-state index in [1.807, 2.05) is 78.6 Å². The number of hydrogen-bond donors (Lipinski definition) is 1. The van der Waals surface area contributed by atoms with Gasteiger partial charge in [0.25, 0.3) is 5.91 Å². The largest absolute Gasteiger partial charge is 0.436 e. The molecule has 1 saturated heterocycles. The van der Waals surface area contributed by atoms with Gasteiger partial charge in [-0.15, -0.1) is 0 Å². The van der Waals surface area contributed by atoms with Crippen molar-refractivity contribution in [3.05, 3.63) is 90.0 Å². The number of rotatable bonds is 6. The smallest absolute Gasteiger partial charge is 0.253 e. The third-order valence-corrected chi connectivity index (χ3v) is 6.91. The monoisotopic (exact) mass is 467 g/mol. The topological polar surface area (TPSA) is 75.4 Å². The molecule has 1 aliphatic heterocycles. The second kappa shape index (κ2) is 10.1. The van der Waals surface area contributed by atoms with Gasteiger partial charge in [-0.25, -0.2) is 4.98 Å².